The summed E-state index contributed by atoms with van der Waals surface area (Å²) in [5.41, 5.74) is 7.91. The fourth-order valence-electron chi connectivity index (χ4n) is 1.88. The van der Waals surface area contributed by atoms with Crippen molar-refractivity contribution in [2.45, 2.75) is 25.9 Å². The standard InChI is InChI=1S/C14H20N4/c15-14-6-2-1-5-13(14)11-16-7-3-4-9-18-10-8-17-12-18/h1-2,5-6,8,10,12,16H,3-4,7,9,11,15H2. The Hall–Kier alpha value is -1.81. The Balaban J connectivity index is 1.58. The Morgan fingerprint density at radius 2 is 2.11 bits per heavy atom. The minimum atomic E-state index is 0.845. The lowest BCUT2D eigenvalue weighted by atomic mass is 10.2. The molecule has 1 heterocycles. The monoisotopic (exact) mass is 244 g/mol. The maximum absolute atomic E-state index is 5.88. The molecule has 0 saturated carbocycles. The van der Waals surface area contributed by atoms with E-state index in [9.17, 15) is 0 Å². The van der Waals surface area contributed by atoms with Crippen LogP contribution in [0.2, 0.25) is 0 Å². The number of nitrogen functional groups attached to an aromatic ring is 1. The first-order valence-electron chi connectivity index (χ1n) is 6.36. The van der Waals surface area contributed by atoms with Crippen molar-refractivity contribution in [3.63, 3.8) is 0 Å². The Morgan fingerprint density at radius 1 is 1.22 bits per heavy atom. The van der Waals surface area contributed by atoms with Crippen LogP contribution in [0.4, 0.5) is 5.69 Å². The van der Waals surface area contributed by atoms with E-state index in [2.05, 4.69) is 20.9 Å². The van der Waals surface area contributed by atoms with Gasteiger partial charge in [-0.25, -0.2) is 4.98 Å². The third kappa shape index (κ3) is 3.89. The highest BCUT2D eigenvalue weighted by molar-refractivity contribution is 5.46. The molecule has 1 aromatic carbocycles. The average Bonchev–Trinajstić information content (AvgIpc) is 2.89. The lowest BCUT2D eigenvalue weighted by Crippen LogP contribution is -2.16. The number of unbranched alkanes of at least 4 members (excludes halogenated alkanes) is 1. The zero-order chi connectivity index (χ0) is 12.6. The van der Waals surface area contributed by atoms with Gasteiger partial charge in [0.1, 0.15) is 0 Å². The summed E-state index contributed by atoms with van der Waals surface area (Å²) in [6.07, 6.45) is 7.99. The molecule has 0 radical (unpaired) electrons. The number of aromatic nitrogens is 2. The third-order valence-corrected chi connectivity index (χ3v) is 2.95. The zero-order valence-corrected chi connectivity index (χ0v) is 10.5. The summed E-state index contributed by atoms with van der Waals surface area (Å²) < 4.78 is 2.11. The summed E-state index contributed by atoms with van der Waals surface area (Å²) >= 11 is 0. The molecule has 0 aliphatic carbocycles. The molecule has 4 nitrogen and oxygen atoms in total. The fourth-order valence-corrected chi connectivity index (χ4v) is 1.88. The number of nitrogens with zero attached hydrogens (tertiary/aromatic N) is 2. The summed E-state index contributed by atoms with van der Waals surface area (Å²) in [6, 6.07) is 7.99. The van der Waals surface area contributed by atoms with Gasteiger partial charge in [-0.05, 0) is 31.0 Å². The van der Waals surface area contributed by atoms with Crippen molar-refractivity contribution in [3.05, 3.63) is 48.5 Å². The quantitative estimate of drug-likeness (QED) is 0.579. The van der Waals surface area contributed by atoms with E-state index < -0.39 is 0 Å². The molecule has 0 spiro atoms. The first-order valence-corrected chi connectivity index (χ1v) is 6.36. The van der Waals surface area contributed by atoms with Crippen LogP contribution in [0.3, 0.4) is 0 Å². The van der Waals surface area contributed by atoms with Gasteiger partial charge in [-0.15, -0.1) is 0 Å². The molecule has 2 rings (SSSR count). The van der Waals surface area contributed by atoms with E-state index in [0.29, 0.717) is 0 Å². The molecular weight excluding hydrogens is 224 g/mol. The summed E-state index contributed by atoms with van der Waals surface area (Å²) in [5, 5.41) is 3.42. The summed E-state index contributed by atoms with van der Waals surface area (Å²) in [5.74, 6) is 0. The topological polar surface area (TPSA) is 55.9 Å². The molecule has 1 aromatic heterocycles. The van der Waals surface area contributed by atoms with Gasteiger partial charge in [0.15, 0.2) is 0 Å². The van der Waals surface area contributed by atoms with Crippen LogP contribution in [0.25, 0.3) is 0 Å². The van der Waals surface area contributed by atoms with Crippen molar-refractivity contribution >= 4 is 5.69 Å². The molecule has 18 heavy (non-hydrogen) atoms. The van der Waals surface area contributed by atoms with E-state index >= 15 is 0 Å². The molecule has 0 amide bonds. The normalized spacial score (nSPS) is 10.7. The molecule has 0 unspecified atom stereocenters. The molecule has 3 N–H and O–H groups in total. The van der Waals surface area contributed by atoms with Crippen molar-refractivity contribution in [1.29, 1.82) is 0 Å². The molecule has 4 heteroatoms. The first kappa shape index (κ1) is 12.6. The number of para-hydroxylation sites is 1. The number of nitrogens with one attached hydrogen (secondary N) is 1. The Labute approximate surface area is 108 Å². The van der Waals surface area contributed by atoms with Crippen molar-refractivity contribution in [2.75, 3.05) is 12.3 Å². The van der Waals surface area contributed by atoms with Gasteiger partial charge < -0.3 is 15.6 Å². The summed E-state index contributed by atoms with van der Waals surface area (Å²) in [6.45, 7) is 2.90. The average molecular weight is 244 g/mol. The highest BCUT2D eigenvalue weighted by Crippen LogP contribution is 2.09. The van der Waals surface area contributed by atoms with Crippen LogP contribution in [0.1, 0.15) is 18.4 Å². The van der Waals surface area contributed by atoms with Crippen LogP contribution in [0, 0.1) is 0 Å². The van der Waals surface area contributed by atoms with E-state index in [0.717, 1.165) is 38.2 Å². The molecule has 0 bridgehead atoms. The van der Waals surface area contributed by atoms with Crippen LogP contribution < -0.4 is 11.1 Å². The number of imidazole rings is 1. The van der Waals surface area contributed by atoms with E-state index in [1.54, 1.807) is 0 Å². The number of rotatable bonds is 7. The van der Waals surface area contributed by atoms with Gasteiger partial charge in [-0.2, -0.15) is 0 Å². The molecule has 0 fully saturated rings. The fraction of sp³-hybridized carbons (Fsp3) is 0.357. The molecule has 0 saturated heterocycles. The zero-order valence-electron chi connectivity index (χ0n) is 10.5. The van der Waals surface area contributed by atoms with Gasteiger partial charge in [0, 0.05) is 31.2 Å². The highest BCUT2D eigenvalue weighted by Gasteiger charge is 1.96. The Morgan fingerprint density at radius 3 is 2.89 bits per heavy atom. The van der Waals surface area contributed by atoms with Crippen molar-refractivity contribution in [1.82, 2.24) is 14.9 Å². The molecule has 0 aliphatic heterocycles. The van der Waals surface area contributed by atoms with E-state index in [-0.39, 0.29) is 0 Å². The van der Waals surface area contributed by atoms with E-state index in [4.69, 9.17) is 5.73 Å². The lowest BCUT2D eigenvalue weighted by molar-refractivity contribution is 0.568. The molecule has 96 valence electrons. The van der Waals surface area contributed by atoms with Gasteiger partial charge in [-0.1, -0.05) is 18.2 Å². The third-order valence-electron chi connectivity index (χ3n) is 2.95. The maximum Gasteiger partial charge on any atom is 0.0945 e. The SMILES string of the molecule is Nc1ccccc1CNCCCCn1ccnc1. The summed E-state index contributed by atoms with van der Waals surface area (Å²) in [4.78, 5) is 4.02. The first-order chi connectivity index (χ1) is 8.86. The van der Waals surface area contributed by atoms with Crippen LogP contribution >= 0.6 is 0 Å². The number of anilines is 1. The number of hydrogen-bond acceptors (Lipinski definition) is 3. The number of hydrogen-bond donors (Lipinski definition) is 2. The second kappa shape index (κ2) is 6.81. The molecule has 2 aromatic rings. The van der Waals surface area contributed by atoms with Crippen LogP contribution in [0.15, 0.2) is 43.0 Å². The van der Waals surface area contributed by atoms with E-state index in [1.165, 1.54) is 5.56 Å². The van der Waals surface area contributed by atoms with Crippen molar-refractivity contribution in [3.8, 4) is 0 Å². The van der Waals surface area contributed by atoms with Gasteiger partial charge in [0.05, 0.1) is 6.33 Å². The Bertz CT molecular complexity index is 451. The van der Waals surface area contributed by atoms with E-state index in [1.807, 2.05) is 36.9 Å². The molecular formula is C14H20N4. The van der Waals surface area contributed by atoms with Crippen LogP contribution in [0.5, 0.6) is 0 Å². The lowest BCUT2D eigenvalue weighted by Gasteiger charge is -2.07. The maximum atomic E-state index is 5.88. The van der Waals surface area contributed by atoms with Gasteiger partial charge in [0.2, 0.25) is 0 Å². The second-order valence-electron chi connectivity index (χ2n) is 4.38. The highest BCUT2D eigenvalue weighted by atomic mass is 15.0. The smallest absolute Gasteiger partial charge is 0.0945 e. The van der Waals surface area contributed by atoms with Gasteiger partial charge in [0.25, 0.3) is 0 Å². The van der Waals surface area contributed by atoms with Crippen LogP contribution in [-0.2, 0) is 13.1 Å². The molecule has 0 aliphatic rings. The number of aryl methyl sites for hydroxylation is 1. The minimum absolute atomic E-state index is 0.845. The summed E-state index contributed by atoms with van der Waals surface area (Å²) in [7, 11) is 0. The van der Waals surface area contributed by atoms with Gasteiger partial charge in [-0.3, -0.25) is 0 Å². The minimum Gasteiger partial charge on any atom is -0.398 e. The number of benzene rings is 1. The van der Waals surface area contributed by atoms with Crippen molar-refractivity contribution < 1.29 is 0 Å². The van der Waals surface area contributed by atoms with Gasteiger partial charge >= 0.3 is 0 Å². The largest absolute Gasteiger partial charge is 0.398 e. The Kier molecular flexibility index (Phi) is 4.78. The predicted octanol–water partition coefficient (Wildman–Crippen LogP) is 2.04. The second-order valence-corrected chi connectivity index (χ2v) is 4.38. The van der Waals surface area contributed by atoms with Crippen LogP contribution in [-0.4, -0.2) is 16.1 Å². The number of nitrogens with two attached hydrogens (primary N) is 1. The van der Waals surface area contributed by atoms with Crippen molar-refractivity contribution in [2.24, 2.45) is 0 Å². The molecule has 0 atom stereocenters. The predicted molar refractivity (Wildman–Crippen MR) is 74.0 cm³/mol.